The van der Waals surface area contributed by atoms with Crippen molar-refractivity contribution in [3.05, 3.63) is 29.3 Å². The van der Waals surface area contributed by atoms with Gasteiger partial charge in [0, 0.05) is 17.0 Å². The molecule has 0 fully saturated rings. The zero-order valence-electron chi connectivity index (χ0n) is 12.5. The number of Topliss-reactive ketones (excluding diaryl/α,β-unsaturated/α-hetero) is 2. The molecule has 1 rings (SSSR count). The van der Waals surface area contributed by atoms with Gasteiger partial charge in [-0.25, -0.2) is 0 Å². The highest BCUT2D eigenvalue weighted by atomic mass is 16.5. The van der Waals surface area contributed by atoms with Crippen LogP contribution in [0.1, 0.15) is 50.5 Å². The Labute approximate surface area is 115 Å². The first kappa shape index (κ1) is 15.4. The molecule has 0 radical (unpaired) electrons. The van der Waals surface area contributed by atoms with Crippen molar-refractivity contribution in [3.8, 4) is 5.75 Å². The predicted octanol–water partition coefficient (Wildman–Crippen LogP) is 3.40. The van der Waals surface area contributed by atoms with Crippen molar-refractivity contribution in [1.82, 2.24) is 0 Å². The molecule has 0 atom stereocenters. The lowest BCUT2D eigenvalue weighted by Crippen LogP contribution is -2.21. The van der Waals surface area contributed by atoms with E-state index in [0.717, 1.165) is 11.3 Å². The standard InChI is InChI=1S/C16H22O3/c1-10(2)14(17)15(18)11-7-8-13(19-6)12(9-11)16(3,4)5/h7-10H,1-6H3. The van der Waals surface area contributed by atoms with Gasteiger partial charge in [0.1, 0.15) is 5.75 Å². The van der Waals surface area contributed by atoms with Gasteiger partial charge >= 0.3 is 0 Å². The van der Waals surface area contributed by atoms with Crippen LogP contribution in [0.25, 0.3) is 0 Å². The van der Waals surface area contributed by atoms with Gasteiger partial charge in [0.25, 0.3) is 0 Å². The average Bonchev–Trinajstić information content (AvgIpc) is 2.35. The molecule has 0 unspecified atom stereocenters. The van der Waals surface area contributed by atoms with Crippen LogP contribution >= 0.6 is 0 Å². The molecule has 0 amide bonds. The molecule has 104 valence electrons. The van der Waals surface area contributed by atoms with Crippen molar-refractivity contribution in [1.29, 1.82) is 0 Å². The Balaban J connectivity index is 3.27. The Kier molecular flexibility index (Phi) is 4.51. The largest absolute Gasteiger partial charge is 0.496 e. The van der Waals surface area contributed by atoms with Crippen LogP contribution in [0.2, 0.25) is 0 Å². The minimum Gasteiger partial charge on any atom is -0.496 e. The fourth-order valence-electron chi connectivity index (χ4n) is 1.84. The van der Waals surface area contributed by atoms with E-state index in [9.17, 15) is 9.59 Å². The number of hydrogen-bond donors (Lipinski definition) is 0. The number of ether oxygens (including phenoxy) is 1. The van der Waals surface area contributed by atoms with E-state index in [0.29, 0.717) is 5.56 Å². The van der Waals surface area contributed by atoms with Gasteiger partial charge in [-0.05, 0) is 23.6 Å². The third kappa shape index (κ3) is 3.43. The molecule has 0 spiro atoms. The maximum absolute atomic E-state index is 12.1. The van der Waals surface area contributed by atoms with Crippen LogP contribution in [0.4, 0.5) is 0 Å². The lowest BCUT2D eigenvalue weighted by Gasteiger charge is -2.22. The molecule has 0 aromatic heterocycles. The molecule has 0 saturated heterocycles. The predicted molar refractivity (Wildman–Crippen MR) is 75.9 cm³/mol. The number of rotatable bonds is 4. The second kappa shape index (κ2) is 5.55. The third-order valence-electron chi connectivity index (χ3n) is 3.02. The lowest BCUT2D eigenvalue weighted by atomic mass is 9.84. The van der Waals surface area contributed by atoms with Gasteiger partial charge in [-0.3, -0.25) is 9.59 Å². The second-order valence-corrected chi connectivity index (χ2v) is 6.01. The molecular formula is C16H22O3. The fraction of sp³-hybridized carbons (Fsp3) is 0.500. The van der Waals surface area contributed by atoms with Crippen LogP contribution in [0.15, 0.2) is 18.2 Å². The topological polar surface area (TPSA) is 43.4 Å². The molecule has 0 saturated carbocycles. The van der Waals surface area contributed by atoms with Crippen molar-refractivity contribution in [2.75, 3.05) is 7.11 Å². The fourth-order valence-corrected chi connectivity index (χ4v) is 1.84. The monoisotopic (exact) mass is 262 g/mol. The van der Waals surface area contributed by atoms with E-state index in [4.69, 9.17) is 4.74 Å². The van der Waals surface area contributed by atoms with Gasteiger partial charge in [-0.1, -0.05) is 34.6 Å². The third-order valence-corrected chi connectivity index (χ3v) is 3.02. The maximum atomic E-state index is 12.1. The molecule has 0 heterocycles. The van der Waals surface area contributed by atoms with E-state index in [1.807, 2.05) is 20.8 Å². The van der Waals surface area contributed by atoms with E-state index >= 15 is 0 Å². The van der Waals surface area contributed by atoms with Crippen molar-refractivity contribution >= 4 is 11.6 Å². The molecule has 0 bridgehead atoms. The quantitative estimate of drug-likeness (QED) is 0.617. The smallest absolute Gasteiger partial charge is 0.228 e. The summed E-state index contributed by atoms with van der Waals surface area (Å²) in [6.45, 7) is 9.60. The zero-order chi connectivity index (χ0) is 14.8. The summed E-state index contributed by atoms with van der Waals surface area (Å²) in [5.74, 6) is -0.332. The summed E-state index contributed by atoms with van der Waals surface area (Å²) in [6.07, 6.45) is 0. The van der Waals surface area contributed by atoms with Crippen molar-refractivity contribution in [2.45, 2.75) is 40.0 Å². The highest BCUT2D eigenvalue weighted by molar-refractivity contribution is 6.44. The SMILES string of the molecule is COc1ccc(C(=O)C(=O)C(C)C)cc1C(C)(C)C. The molecule has 3 heteroatoms. The molecule has 0 aliphatic carbocycles. The minimum atomic E-state index is -0.428. The highest BCUT2D eigenvalue weighted by Gasteiger charge is 2.24. The van der Waals surface area contributed by atoms with E-state index < -0.39 is 5.78 Å². The van der Waals surface area contributed by atoms with Crippen LogP contribution < -0.4 is 4.74 Å². The Hall–Kier alpha value is -1.64. The second-order valence-electron chi connectivity index (χ2n) is 6.01. The molecule has 19 heavy (non-hydrogen) atoms. The number of carbonyl (C=O) groups excluding carboxylic acids is 2. The van der Waals surface area contributed by atoms with Crippen molar-refractivity contribution in [2.24, 2.45) is 5.92 Å². The summed E-state index contributed by atoms with van der Waals surface area (Å²) in [4.78, 5) is 23.9. The zero-order valence-corrected chi connectivity index (χ0v) is 12.5. The van der Waals surface area contributed by atoms with E-state index in [1.54, 1.807) is 39.2 Å². The number of hydrogen-bond acceptors (Lipinski definition) is 3. The molecule has 0 aliphatic rings. The summed E-state index contributed by atoms with van der Waals surface area (Å²) in [7, 11) is 1.60. The van der Waals surface area contributed by atoms with Gasteiger partial charge in [-0.15, -0.1) is 0 Å². The average molecular weight is 262 g/mol. The summed E-state index contributed by atoms with van der Waals surface area (Å²) < 4.78 is 5.32. The Morgan fingerprint density at radius 3 is 2.16 bits per heavy atom. The van der Waals surface area contributed by atoms with Gasteiger partial charge in [-0.2, -0.15) is 0 Å². The van der Waals surface area contributed by atoms with Gasteiger partial charge in [0.05, 0.1) is 7.11 Å². The van der Waals surface area contributed by atoms with E-state index in [1.165, 1.54) is 0 Å². The number of methoxy groups -OCH3 is 1. The summed E-state index contributed by atoms with van der Waals surface area (Å²) in [6, 6.07) is 5.17. The van der Waals surface area contributed by atoms with Gasteiger partial charge in [0.15, 0.2) is 0 Å². The molecule has 3 nitrogen and oxygen atoms in total. The Bertz CT molecular complexity index is 493. The number of benzene rings is 1. The Morgan fingerprint density at radius 1 is 1.16 bits per heavy atom. The van der Waals surface area contributed by atoms with Crippen molar-refractivity contribution in [3.63, 3.8) is 0 Å². The minimum absolute atomic E-state index is 0.150. The highest BCUT2D eigenvalue weighted by Crippen LogP contribution is 2.32. The van der Waals surface area contributed by atoms with Crippen LogP contribution in [0.5, 0.6) is 5.75 Å². The van der Waals surface area contributed by atoms with Crippen LogP contribution in [0, 0.1) is 5.92 Å². The number of carbonyl (C=O) groups is 2. The Morgan fingerprint density at radius 2 is 1.74 bits per heavy atom. The van der Waals surface area contributed by atoms with Crippen LogP contribution in [-0.4, -0.2) is 18.7 Å². The number of ketones is 2. The summed E-state index contributed by atoms with van der Waals surface area (Å²) >= 11 is 0. The molecule has 1 aromatic carbocycles. The van der Waals surface area contributed by atoms with Gasteiger partial charge < -0.3 is 4.74 Å². The first-order chi connectivity index (χ1) is 8.68. The van der Waals surface area contributed by atoms with Crippen LogP contribution in [0.3, 0.4) is 0 Å². The van der Waals surface area contributed by atoms with Gasteiger partial charge in [0.2, 0.25) is 11.6 Å². The molecule has 0 N–H and O–H groups in total. The summed E-state index contributed by atoms with van der Waals surface area (Å²) in [5, 5.41) is 0. The molecular weight excluding hydrogens is 240 g/mol. The van der Waals surface area contributed by atoms with E-state index in [2.05, 4.69) is 0 Å². The maximum Gasteiger partial charge on any atom is 0.228 e. The van der Waals surface area contributed by atoms with Crippen molar-refractivity contribution < 1.29 is 14.3 Å². The molecule has 1 aromatic rings. The lowest BCUT2D eigenvalue weighted by molar-refractivity contribution is -0.117. The van der Waals surface area contributed by atoms with Crippen LogP contribution in [-0.2, 0) is 10.2 Å². The van der Waals surface area contributed by atoms with E-state index in [-0.39, 0.29) is 17.1 Å². The first-order valence-electron chi connectivity index (χ1n) is 6.45. The molecule has 0 aliphatic heterocycles. The summed E-state index contributed by atoms with van der Waals surface area (Å²) in [5.41, 5.74) is 1.21. The normalized spacial score (nSPS) is 11.5. The first-order valence-corrected chi connectivity index (χ1v) is 6.45.